The largest absolute Gasteiger partial charge is 0.340 e. The van der Waals surface area contributed by atoms with Crippen LogP contribution in [0.25, 0.3) is 10.9 Å². The van der Waals surface area contributed by atoms with Crippen molar-refractivity contribution in [3.8, 4) is 0 Å². The molecular weight excluding hydrogens is 262 g/mol. The van der Waals surface area contributed by atoms with Gasteiger partial charge in [0, 0.05) is 17.5 Å². The molecule has 0 fully saturated rings. The summed E-state index contributed by atoms with van der Waals surface area (Å²) < 4.78 is 0. The van der Waals surface area contributed by atoms with E-state index in [1.165, 1.54) is 18.2 Å². The summed E-state index contributed by atoms with van der Waals surface area (Å²) in [6.45, 7) is 6.91. The molecule has 0 saturated heterocycles. The van der Waals surface area contributed by atoms with E-state index in [4.69, 9.17) is 4.84 Å². The molecular formula is C13H15N3O4. The highest BCUT2D eigenvalue weighted by atomic mass is 16.7. The molecule has 1 aromatic heterocycles. The number of fused-ring (bicyclic) bond motifs is 1. The summed E-state index contributed by atoms with van der Waals surface area (Å²) in [5.74, 6) is -0.430. The van der Waals surface area contributed by atoms with E-state index in [0.717, 1.165) is 4.85 Å². The van der Waals surface area contributed by atoms with Gasteiger partial charge in [-0.25, -0.2) is 4.79 Å². The van der Waals surface area contributed by atoms with Gasteiger partial charge in [0.15, 0.2) is 0 Å². The average molecular weight is 277 g/mol. The van der Waals surface area contributed by atoms with Crippen molar-refractivity contribution in [3.63, 3.8) is 0 Å². The van der Waals surface area contributed by atoms with Gasteiger partial charge in [0.1, 0.15) is 5.52 Å². The second kappa shape index (κ2) is 4.59. The third kappa shape index (κ3) is 2.47. The van der Waals surface area contributed by atoms with E-state index in [9.17, 15) is 14.9 Å². The molecule has 0 radical (unpaired) electrons. The third-order valence-electron chi connectivity index (χ3n) is 2.81. The summed E-state index contributed by atoms with van der Waals surface area (Å²) >= 11 is 0. The van der Waals surface area contributed by atoms with Crippen LogP contribution in [0.4, 0.5) is 5.69 Å². The standard InChI is InChI=1S/C13H15N3O4/c1-8-10-7-9(16(18)19)5-6-11(10)15(14-8)20-12(17)13(2,3)4/h5-7H,1-4H3. The molecule has 0 N–H and O–H groups in total. The first-order chi connectivity index (χ1) is 9.20. The van der Waals surface area contributed by atoms with E-state index in [0.29, 0.717) is 16.6 Å². The first-order valence-corrected chi connectivity index (χ1v) is 6.06. The van der Waals surface area contributed by atoms with Gasteiger partial charge in [-0.15, -0.1) is 5.10 Å². The number of non-ortho nitro benzene ring substituents is 1. The van der Waals surface area contributed by atoms with Gasteiger partial charge in [0.2, 0.25) is 0 Å². The molecule has 1 aromatic carbocycles. The number of rotatable bonds is 2. The fourth-order valence-corrected chi connectivity index (χ4v) is 1.62. The summed E-state index contributed by atoms with van der Waals surface area (Å²) in [5.41, 5.74) is 0.394. The van der Waals surface area contributed by atoms with Gasteiger partial charge >= 0.3 is 5.97 Å². The Hall–Kier alpha value is -2.44. The molecule has 7 heteroatoms. The van der Waals surface area contributed by atoms with Crippen molar-refractivity contribution in [1.29, 1.82) is 0 Å². The summed E-state index contributed by atoms with van der Waals surface area (Å²) in [6, 6.07) is 4.29. The molecule has 7 nitrogen and oxygen atoms in total. The van der Waals surface area contributed by atoms with Gasteiger partial charge in [-0.2, -0.15) is 0 Å². The molecule has 0 aliphatic rings. The Kier molecular flexibility index (Phi) is 3.21. The van der Waals surface area contributed by atoms with Crippen molar-refractivity contribution in [3.05, 3.63) is 34.0 Å². The van der Waals surface area contributed by atoms with Gasteiger partial charge in [0.25, 0.3) is 5.69 Å². The van der Waals surface area contributed by atoms with Crippen molar-refractivity contribution in [2.24, 2.45) is 5.41 Å². The summed E-state index contributed by atoms with van der Waals surface area (Å²) in [5, 5.41) is 15.4. The van der Waals surface area contributed by atoms with E-state index in [1.807, 2.05) is 0 Å². The predicted molar refractivity (Wildman–Crippen MR) is 72.2 cm³/mol. The lowest BCUT2D eigenvalue weighted by Gasteiger charge is -2.15. The number of benzene rings is 1. The quantitative estimate of drug-likeness (QED) is 0.620. The number of nitro groups is 1. The monoisotopic (exact) mass is 277 g/mol. The lowest BCUT2D eigenvalue weighted by Crippen LogP contribution is -2.31. The second-order valence-electron chi connectivity index (χ2n) is 5.55. The molecule has 2 rings (SSSR count). The lowest BCUT2D eigenvalue weighted by molar-refractivity contribution is -0.384. The first kappa shape index (κ1) is 14.0. The van der Waals surface area contributed by atoms with Crippen LogP contribution in [0.15, 0.2) is 18.2 Å². The Morgan fingerprint density at radius 1 is 1.40 bits per heavy atom. The van der Waals surface area contributed by atoms with Crippen LogP contribution < -0.4 is 4.84 Å². The maximum absolute atomic E-state index is 11.9. The number of carbonyl (C=O) groups is 1. The number of aromatic nitrogens is 2. The van der Waals surface area contributed by atoms with Crippen LogP contribution in [0.3, 0.4) is 0 Å². The molecule has 0 spiro atoms. The first-order valence-electron chi connectivity index (χ1n) is 6.06. The molecule has 0 amide bonds. The van der Waals surface area contributed by atoms with Gasteiger partial charge in [-0.05, 0) is 33.8 Å². The van der Waals surface area contributed by atoms with E-state index >= 15 is 0 Å². The number of aryl methyl sites for hydroxylation is 1. The molecule has 0 aliphatic heterocycles. The van der Waals surface area contributed by atoms with Gasteiger partial charge in [-0.1, -0.05) is 4.85 Å². The minimum Gasteiger partial charge on any atom is -0.318 e. The van der Waals surface area contributed by atoms with E-state index in [1.54, 1.807) is 27.7 Å². The summed E-state index contributed by atoms with van der Waals surface area (Å²) in [7, 11) is 0. The molecule has 0 saturated carbocycles. The molecule has 20 heavy (non-hydrogen) atoms. The Labute approximate surface area is 115 Å². The van der Waals surface area contributed by atoms with Gasteiger partial charge in [0.05, 0.1) is 16.0 Å². The zero-order valence-corrected chi connectivity index (χ0v) is 11.7. The highest BCUT2D eigenvalue weighted by molar-refractivity contribution is 5.85. The number of nitrogens with zero attached hydrogens (tertiary/aromatic N) is 3. The molecule has 0 unspecified atom stereocenters. The van der Waals surface area contributed by atoms with Crippen molar-refractivity contribution in [1.82, 2.24) is 9.94 Å². The number of nitro benzene ring substituents is 1. The number of hydrogen-bond donors (Lipinski definition) is 0. The Balaban J connectivity index is 2.47. The maximum atomic E-state index is 11.9. The third-order valence-corrected chi connectivity index (χ3v) is 2.81. The van der Waals surface area contributed by atoms with E-state index in [-0.39, 0.29) is 5.69 Å². The molecule has 0 aliphatic carbocycles. The Bertz CT molecular complexity index is 697. The molecule has 2 aromatic rings. The van der Waals surface area contributed by atoms with Crippen molar-refractivity contribution < 1.29 is 14.6 Å². The molecule has 106 valence electrons. The van der Waals surface area contributed by atoms with Crippen LogP contribution in [0.1, 0.15) is 26.5 Å². The highest BCUT2D eigenvalue weighted by Crippen LogP contribution is 2.23. The fraction of sp³-hybridized carbons (Fsp3) is 0.385. The minimum absolute atomic E-state index is 0.0257. The van der Waals surface area contributed by atoms with Crippen molar-refractivity contribution >= 4 is 22.6 Å². The molecule has 0 atom stereocenters. The van der Waals surface area contributed by atoms with Crippen LogP contribution in [-0.4, -0.2) is 20.8 Å². The predicted octanol–water partition coefficient (Wildman–Crippen LogP) is 2.25. The zero-order chi connectivity index (χ0) is 15.1. The summed E-state index contributed by atoms with van der Waals surface area (Å²) in [4.78, 5) is 28.5. The average Bonchev–Trinajstić information content (AvgIpc) is 2.64. The normalized spacial score (nSPS) is 11.6. The number of hydrogen-bond acceptors (Lipinski definition) is 5. The minimum atomic E-state index is -0.660. The Morgan fingerprint density at radius 2 is 2.05 bits per heavy atom. The van der Waals surface area contributed by atoms with Crippen LogP contribution in [-0.2, 0) is 4.79 Å². The topological polar surface area (TPSA) is 87.3 Å². The van der Waals surface area contributed by atoms with Crippen molar-refractivity contribution in [2.75, 3.05) is 0 Å². The smallest absolute Gasteiger partial charge is 0.318 e. The van der Waals surface area contributed by atoms with Gasteiger partial charge < -0.3 is 4.84 Å². The van der Waals surface area contributed by atoms with E-state index in [2.05, 4.69) is 5.10 Å². The zero-order valence-electron chi connectivity index (χ0n) is 11.7. The van der Waals surface area contributed by atoms with Crippen LogP contribution in [0.2, 0.25) is 0 Å². The maximum Gasteiger partial charge on any atom is 0.340 e. The van der Waals surface area contributed by atoms with E-state index < -0.39 is 16.3 Å². The number of carbonyl (C=O) groups excluding carboxylic acids is 1. The van der Waals surface area contributed by atoms with Crippen LogP contribution in [0, 0.1) is 22.5 Å². The van der Waals surface area contributed by atoms with Crippen LogP contribution >= 0.6 is 0 Å². The fourth-order valence-electron chi connectivity index (χ4n) is 1.62. The van der Waals surface area contributed by atoms with Crippen LogP contribution in [0.5, 0.6) is 0 Å². The van der Waals surface area contributed by atoms with Crippen molar-refractivity contribution in [2.45, 2.75) is 27.7 Å². The lowest BCUT2D eigenvalue weighted by atomic mass is 9.98. The SMILES string of the molecule is Cc1nn(OC(=O)C(C)(C)C)c2ccc([N+](=O)[O-])cc12. The molecule has 1 heterocycles. The van der Waals surface area contributed by atoms with Gasteiger partial charge in [-0.3, -0.25) is 10.1 Å². The molecule has 0 bridgehead atoms. The highest BCUT2D eigenvalue weighted by Gasteiger charge is 2.25. The Morgan fingerprint density at radius 3 is 2.60 bits per heavy atom. The summed E-state index contributed by atoms with van der Waals surface area (Å²) in [6.07, 6.45) is 0. The second-order valence-corrected chi connectivity index (χ2v) is 5.55.